The molecule has 3 rings (SSSR count). The second-order valence-electron chi connectivity index (χ2n) is 6.82. The lowest BCUT2D eigenvalue weighted by atomic mass is 10.1. The highest BCUT2D eigenvalue weighted by Gasteiger charge is 2.12. The molecule has 0 unspecified atom stereocenters. The van der Waals surface area contributed by atoms with E-state index in [1.165, 1.54) is 16.7 Å². The Bertz CT molecular complexity index is 795. The molecule has 25 heavy (non-hydrogen) atoms. The first-order valence-corrected chi connectivity index (χ1v) is 8.77. The van der Waals surface area contributed by atoms with Crippen LogP contribution in [0, 0.1) is 6.92 Å². The van der Waals surface area contributed by atoms with Crippen molar-refractivity contribution in [2.24, 2.45) is 0 Å². The van der Waals surface area contributed by atoms with Gasteiger partial charge >= 0.3 is 0 Å². The number of aromatic nitrogens is 3. The SMILES string of the molecule is Cc1ccnc(C[C@H](C)N(C)Cc2cccc(Cn3cccn3)c2)c1. The highest BCUT2D eigenvalue weighted by molar-refractivity contribution is 5.24. The Labute approximate surface area is 150 Å². The normalized spacial score (nSPS) is 12.5. The Morgan fingerprint density at radius 1 is 1.08 bits per heavy atom. The lowest BCUT2D eigenvalue weighted by Crippen LogP contribution is -2.30. The van der Waals surface area contributed by atoms with Gasteiger partial charge in [-0.05, 0) is 55.8 Å². The number of nitrogens with zero attached hydrogens (tertiary/aromatic N) is 4. The van der Waals surface area contributed by atoms with Crippen LogP contribution in [0.3, 0.4) is 0 Å². The maximum Gasteiger partial charge on any atom is 0.0659 e. The zero-order chi connectivity index (χ0) is 17.6. The molecule has 2 heterocycles. The molecule has 0 fully saturated rings. The number of rotatable bonds is 7. The van der Waals surface area contributed by atoms with Crippen molar-refractivity contribution in [1.82, 2.24) is 19.7 Å². The zero-order valence-electron chi connectivity index (χ0n) is 15.3. The van der Waals surface area contributed by atoms with Crippen LogP contribution in [0.15, 0.2) is 61.1 Å². The Kier molecular flexibility index (Phi) is 5.61. The third-order valence-corrected chi connectivity index (χ3v) is 4.56. The first kappa shape index (κ1) is 17.4. The molecular formula is C21H26N4. The highest BCUT2D eigenvalue weighted by Crippen LogP contribution is 2.13. The Morgan fingerprint density at radius 3 is 2.68 bits per heavy atom. The van der Waals surface area contributed by atoms with Crippen molar-refractivity contribution < 1.29 is 0 Å². The van der Waals surface area contributed by atoms with Gasteiger partial charge in [-0.2, -0.15) is 5.10 Å². The molecule has 3 aromatic rings. The predicted octanol–water partition coefficient (Wildman–Crippen LogP) is 3.70. The molecule has 0 amide bonds. The van der Waals surface area contributed by atoms with Gasteiger partial charge in [-0.15, -0.1) is 0 Å². The van der Waals surface area contributed by atoms with Crippen LogP contribution in [0.4, 0.5) is 0 Å². The van der Waals surface area contributed by atoms with E-state index in [4.69, 9.17) is 0 Å². The Balaban J connectivity index is 1.61. The summed E-state index contributed by atoms with van der Waals surface area (Å²) in [4.78, 5) is 6.87. The lowest BCUT2D eigenvalue weighted by molar-refractivity contribution is 0.247. The van der Waals surface area contributed by atoms with Gasteiger partial charge in [0.05, 0.1) is 6.54 Å². The van der Waals surface area contributed by atoms with Crippen molar-refractivity contribution in [3.8, 4) is 0 Å². The summed E-state index contributed by atoms with van der Waals surface area (Å²) in [5.74, 6) is 0. The van der Waals surface area contributed by atoms with E-state index in [0.717, 1.165) is 25.2 Å². The minimum Gasteiger partial charge on any atom is -0.299 e. The third-order valence-electron chi connectivity index (χ3n) is 4.56. The quantitative estimate of drug-likeness (QED) is 0.661. The fraction of sp³-hybridized carbons (Fsp3) is 0.333. The van der Waals surface area contributed by atoms with Crippen molar-refractivity contribution in [3.63, 3.8) is 0 Å². The first-order valence-electron chi connectivity index (χ1n) is 8.77. The van der Waals surface area contributed by atoms with E-state index in [9.17, 15) is 0 Å². The number of hydrogen-bond donors (Lipinski definition) is 0. The molecule has 0 spiro atoms. The first-order chi connectivity index (χ1) is 12.1. The van der Waals surface area contributed by atoms with Crippen LogP contribution < -0.4 is 0 Å². The number of pyridine rings is 1. The molecule has 1 aromatic carbocycles. The average molecular weight is 334 g/mol. The lowest BCUT2D eigenvalue weighted by Gasteiger charge is -2.25. The van der Waals surface area contributed by atoms with E-state index in [0.29, 0.717) is 6.04 Å². The van der Waals surface area contributed by atoms with Gasteiger partial charge in [-0.3, -0.25) is 14.6 Å². The molecular weight excluding hydrogens is 308 g/mol. The van der Waals surface area contributed by atoms with E-state index in [1.54, 1.807) is 0 Å². The summed E-state index contributed by atoms with van der Waals surface area (Å²) in [5.41, 5.74) is 5.04. The summed E-state index contributed by atoms with van der Waals surface area (Å²) < 4.78 is 1.95. The second kappa shape index (κ2) is 8.08. The minimum atomic E-state index is 0.434. The molecule has 4 nitrogen and oxygen atoms in total. The van der Waals surface area contributed by atoms with Gasteiger partial charge in [-0.25, -0.2) is 0 Å². The standard InChI is InChI=1S/C21H26N4/c1-17-8-10-22-21(12-17)13-18(2)24(3)15-19-6-4-7-20(14-19)16-25-11-5-9-23-25/h4-12,14,18H,13,15-16H2,1-3H3/t18-/m0/s1. The van der Waals surface area contributed by atoms with Crippen LogP contribution in [0.5, 0.6) is 0 Å². The van der Waals surface area contributed by atoms with Crippen LogP contribution in [0.1, 0.15) is 29.3 Å². The average Bonchev–Trinajstić information content (AvgIpc) is 3.08. The van der Waals surface area contributed by atoms with Crippen molar-refractivity contribution >= 4 is 0 Å². The minimum absolute atomic E-state index is 0.434. The summed E-state index contributed by atoms with van der Waals surface area (Å²) in [5, 5.41) is 4.28. The summed E-state index contributed by atoms with van der Waals surface area (Å²) in [7, 11) is 2.18. The molecule has 130 valence electrons. The summed E-state index contributed by atoms with van der Waals surface area (Å²) in [6, 6.07) is 15.4. The van der Waals surface area contributed by atoms with E-state index in [2.05, 4.69) is 66.2 Å². The molecule has 0 aliphatic heterocycles. The fourth-order valence-corrected chi connectivity index (χ4v) is 3.02. The molecule has 0 saturated carbocycles. The smallest absolute Gasteiger partial charge is 0.0659 e. The van der Waals surface area contributed by atoms with Gasteiger partial charge < -0.3 is 0 Å². The van der Waals surface area contributed by atoms with Crippen molar-refractivity contribution in [2.75, 3.05) is 7.05 Å². The highest BCUT2D eigenvalue weighted by atomic mass is 15.3. The van der Waals surface area contributed by atoms with Crippen molar-refractivity contribution in [3.05, 3.63) is 83.4 Å². The molecule has 4 heteroatoms. The second-order valence-corrected chi connectivity index (χ2v) is 6.82. The maximum absolute atomic E-state index is 4.49. The van der Waals surface area contributed by atoms with Crippen LogP contribution in [-0.2, 0) is 19.5 Å². The number of aryl methyl sites for hydroxylation is 1. The summed E-state index contributed by atoms with van der Waals surface area (Å²) in [6.45, 7) is 6.12. The zero-order valence-corrected chi connectivity index (χ0v) is 15.3. The van der Waals surface area contributed by atoms with E-state index in [-0.39, 0.29) is 0 Å². The van der Waals surface area contributed by atoms with Crippen molar-refractivity contribution in [2.45, 2.75) is 39.4 Å². The number of benzene rings is 1. The fourth-order valence-electron chi connectivity index (χ4n) is 3.02. The molecule has 0 N–H and O–H groups in total. The molecule has 0 aliphatic carbocycles. The van der Waals surface area contributed by atoms with E-state index in [1.807, 2.05) is 35.4 Å². The number of hydrogen-bond acceptors (Lipinski definition) is 3. The monoisotopic (exact) mass is 334 g/mol. The van der Waals surface area contributed by atoms with Crippen LogP contribution in [-0.4, -0.2) is 32.8 Å². The molecule has 2 aromatic heterocycles. The molecule has 0 aliphatic rings. The topological polar surface area (TPSA) is 34.0 Å². The van der Waals surface area contributed by atoms with Gasteiger partial charge in [0.2, 0.25) is 0 Å². The van der Waals surface area contributed by atoms with Crippen LogP contribution in [0.25, 0.3) is 0 Å². The summed E-state index contributed by atoms with van der Waals surface area (Å²) in [6.07, 6.45) is 6.68. The van der Waals surface area contributed by atoms with Gasteiger partial charge in [0.1, 0.15) is 0 Å². The molecule has 1 atom stereocenters. The third kappa shape index (κ3) is 5.00. The van der Waals surface area contributed by atoms with Crippen LogP contribution in [0.2, 0.25) is 0 Å². The maximum atomic E-state index is 4.49. The largest absolute Gasteiger partial charge is 0.299 e. The van der Waals surface area contributed by atoms with Gasteiger partial charge in [-0.1, -0.05) is 24.3 Å². The van der Waals surface area contributed by atoms with Gasteiger partial charge in [0, 0.05) is 43.3 Å². The predicted molar refractivity (Wildman–Crippen MR) is 101 cm³/mol. The number of likely N-dealkylation sites (N-methyl/N-ethyl adjacent to an activating group) is 1. The van der Waals surface area contributed by atoms with Crippen molar-refractivity contribution in [1.29, 1.82) is 0 Å². The Hall–Kier alpha value is -2.46. The molecule has 0 radical (unpaired) electrons. The molecule has 0 saturated heterocycles. The van der Waals surface area contributed by atoms with Gasteiger partial charge in [0.25, 0.3) is 0 Å². The van der Waals surface area contributed by atoms with E-state index >= 15 is 0 Å². The van der Waals surface area contributed by atoms with Gasteiger partial charge in [0.15, 0.2) is 0 Å². The summed E-state index contributed by atoms with van der Waals surface area (Å²) >= 11 is 0. The Morgan fingerprint density at radius 2 is 1.92 bits per heavy atom. The van der Waals surface area contributed by atoms with Crippen LogP contribution >= 0.6 is 0 Å². The van der Waals surface area contributed by atoms with E-state index < -0.39 is 0 Å². The molecule has 0 bridgehead atoms.